The van der Waals surface area contributed by atoms with Gasteiger partial charge in [-0.05, 0) is 33.6 Å². The Morgan fingerprint density at radius 3 is 2.36 bits per heavy atom. The average Bonchev–Trinajstić information content (AvgIpc) is 2.79. The molecule has 1 unspecified atom stereocenters. The van der Waals surface area contributed by atoms with Crippen LogP contribution in [0.1, 0.15) is 33.6 Å². The molecule has 1 rings (SSSR count). The van der Waals surface area contributed by atoms with Crippen molar-refractivity contribution in [3.63, 3.8) is 0 Å². The molecule has 1 fully saturated rings. The number of carbonyl (C=O) groups is 1. The summed E-state index contributed by atoms with van der Waals surface area (Å²) in [4.78, 5) is 10.7. The van der Waals surface area contributed by atoms with E-state index in [0.717, 1.165) is 12.8 Å². The number of nitrogens with two attached hydrogens (primary N) is 1. The minimum Gasteiger partial charge on any atom is -0.480 e. The minimum absolute atomic E-state index is 0.228. The Hall–Kier alpha value is -0.610. The van der Waals surface area contributed by atoms with Crippen LogP contribution in [0.5, 0.6) is 0 Å². The van der Waals surface area contributed by atoms with Gasteiger partial charge in [-0.15, -0.1) is 0 Å². The van der Waals surface area contributed by atoms with E-state index in [1.54, 1.807) is 0 Å². The Labute approximate surface area is 84.4 Å². The van der Waals surface area contributed by atoms with Crippen LogP contribution in [0.3, 0.4) is 0 Å². The quantitative estimate of drug-likeness (QED) is 0.711. The topological polar surface area (TPSA) is 72.5 Å². The van der Waals surface area contributed by atoms with Crippen molar-refractivity contribution in [3.8, 4) is 0 Å². The highest BCUT2D eigenvalue weighted by Crippen LogP contribution is 2.48. The summed E-state index contributed by atoms with van der Waals surface area (Å²) in [6.45, 7) is 6.31. The van der Waals surface area contributed by atoms with Crippen LogP contribution < -0.4 is 5.73 Å². The second-order valence-electron chi connectivity index (χ2n) is 5.08. The van der Waals surface area contributed by atoms with Gasteiger partial charge in [0, 0.05) is 5.41 Å². The summed E-state index contributed by atoms with van der Waals surface area (Å²) < 4.78 is 5.58. The van der Waals surface area contributed by atoms with E-state index in [1.807, 2.05) is 20.8 Å². The minimum atomic E-state index is -0.931. The van der Waals surface area contributed by atoms with E-state index in [4.69, 9.17) is 15.6 Å². The summed E-state index contributed by atoms with van der Waals surface area (Å²) >= 11 is 0. The molecule has 0 heterocycles. The van der Waals surface area contributed by atoms with Gasteiger partial charge >= 0.3 is 5.97 Å². The highest BCUT2D eigenvalue weighted by Gasteiger charge is 2.51. The summed E-state index contributed by atoms with van der Waals surface area (Å²) in [5, 5.41) is 8.81. The highest BCUT2D eigenvalue weighted by atomic mass is 16.5. The Kier molecular flexibility index (Phi) is 2.88. The van der Waals surface area contributed by atoms with Gasteiger partial charge in [0.25, 0.3) is 0 Å². The van der Waals surface area contributed by atoms with Crippen molar-refractivity contribution >= 4 is 5.97 Å². The first-order valence-electron chi connectivity index (χ1n) is 4.89. The van der Waals surface area contributed by atoms with Gasteiger partial charge in [-0.3, -0.25) is 4.79 Å². The number of hydrogen-bond donors (Lipinski definition) is 2. The van der Waals surface area contributed by atoms with Crippen LogP contribution in [0.4, 0.5) is 0 Å². The number of carboxylic acids is 1. The van der Waals surface area contributed by atoms with Gasteiger partial charge in [-0.1, -0.05) is 0 Å². The fourth-order valence-corrected chi connectivity index (χ4v) is 1.33. The summed E-state index contributed by atoms with van der Waals surface area (Å²) in [6, 6.07) is -0.787. The number of hydrogen-bond acceptors (Lipinski definition) is 3. The maximum atomic E-state index is 10.7. The third-order valence-corrected chi connectivity index (χ3v) is 2.61. The van der Waals surface area contributed by atoms with E-state index in [-0.39, 0.29) is 11.0 Å². The summed E-state index contributed by atoms with van der Waals surface area (Å²) in [7, 11) is 0. The smallest absolute Gasteiger partial charge is 0.321 e. The normalized spacial score (nSPS) is 21.7. The van der Waals surface area contributed by atoms with E-state index in [9.17, 15) is 4.79 Å². The van der Waals surface area contributed by atoms with Crippen LogP contribution in [0.15, 0.2) is 0 Å². The molecule has 14 heavy (non-hydrogen) atoms. The number of ether oxygens (including phenoxy) is 1. The first kappa shape index (κ1) is 11.5. The predicted molar refractivity (Wildman–Crippen MR) is 53.0 cm³/mol. The van der Waals surface area contributed by atoms with Crippen molar-refractivity contribution in [2.24, 2.45) is 11.1 Å². The lowest BCUT2D eigenvalue weighted by molar-refractivity contribution is -0.142. The van der Waals surface area contributed by atoms with Gasteiger partial charge in [0.1, 0.15) is 6.04 Å². The van der Waals surface area contributed by atoms with Crippen LogP contribution in [-0.2, 0) is 9.53 Å². The Morgan fingerprint density at radius 1 is 1.57 bits per heavy atom. The standard InChI is InChI=1S/C10H19NO3/c1-9(2,3)14-6-10(4-5-10)7(11)8(12)13/h7H,4-6,11H2,1-3H3,(H,12,13). The van der Waals surface area contributed by atoms with Crippen LogP contribution in [-0.4, -0.2) is 29.3 Å². The van der Waals surface area contributed by atoms with Crippen LogP contribution >= 0.6 is 0 Å². The van der Waals surface area contributed by atoms with Crippen molar-refractivity contribution in [1.29, 1.82) is 0 Å². The van der Waals surface area contributed by atoms with Crippen molar-refractivity contribution in [3.05, 3.63) is 0 Å². The molecule has 0 amide bonds. The van der Waals surface area contributed by atoms with Crippen molar-refractivity contribution in [2.75, 3.05) is 6.61 Å². The molecule has 0 aromatic carbocycles. The molecule has 1 atom stereocenters. The maximum Gasteiger partial charge on any atom is 0.321 e. The predicted octanol–water partition coefficient (Wildman–Crippen LogP) is 0.994. The largest absolute Gasteiger partial charge is 0.480 e. The molecule has 1 saturated carbocycles. The van der Waals surface area contributed by atoms with Crippen molar-refractivity contribution < 1.29 is 14.6 Å². The number of aliphatic carboxylic acids is 1. The molecular weight excluding hydrogens is 182 g/mol. The summed E-state index contributed by atoms with van der Waals surface area (Å²) in [5.74, 6) is -0.931. The molecule has 0 saturated heterocycles. The molecule has 4 heteroatoms. The average molecular weight is 201 g/mol. The molecule has 1 aliphatic rings. The maximum absolute atomic E-state index is 10.7. The van der Waals surface area contributed by atoms with E-state index >= 15 is 0 Å². The summed E-state index contributed by atoms with van der Waals surface area (Å²) in [5.41, 5.74) is 5.07. The lowest BCUT2D eigenvalue weighted by atomic mass is 9.98. The molecule has 0 bridgehead atoms. The first-order chi connectivity index (χ1) is 6.27. The van der Waals surface area contributed by atoms with Gasteiger partial charge in [0.05, 0.1) is 12.2 Å². The molecule has 4 nitrogen and oxygen atoms in total. The molecule has 1 aliphatic carbocycles. The van der Waals surface area contributed by atoms with E-state index in [2.05, 4.69) is 0 Å². The van der Waals surface area contributed by atoms with Crippen molar-refractivity contribution in [2.45, 2.75) is 45.3 Å². The lowest BCUT2D eigenvalue weighted by Crippen LogP contribution is -2.43. The van der Waals surface area contributed by atoms with Crippen LogP contribution in [0.25, 0.3) is 0 Å². The number of rotatable bonds is 4. The molecular formula is C10H19NO3. The third kappa shape index (κ3) is 2.69. The zero-order valence-electron chi connectivity index (χ0n) is 9.04. The molecule has 0 aliphatic heterocycles. The fraction of sp³-hybridized carbons (Fsp3) is 0.900. The van der Waals surface area contributed by atoms with Gasteiger partial charge in [-0.2, -0.15) is 0 Å². The molecule has 0 aromatic heterocycles. The Balaban J connectivity index is 2.47. The second-order valence-corrected chi connectivity index (χ2v) is 5.08. The first-order valence-corrected chi connectivity index (χ1v) is 4.89. The zero-order valence-corrected chi connectivity index (χ0v) is 9.04. The zero-order chi connectivity index (χ0) is 11.0. The van der Waals surface area contributed by atoms with Crippen LogP contribution in [0.2, 0.25) is 0 Å². The SMILES string of the molecule is CC(C)(C)OCC1(C(N)C(=O)O)CC1. The Morgan fingerprint density at radius 2 is 2.07 bits per heavy atom. The van der Waals surface area contributed by atoms with E-state index < -0.39 is 12.0 Å². The van der Waals surface area contributed by atoms with E-state index in [0.29, 0.717) is 6.61 Å². The van der Waals surface area contributed by atoms with Gasteiger partial charge in [0.2, 0.25) is 0 Å². The second kappa shape index (κ2) is 3.51. The van der Waals surface area contributed by atoms with E-state index in [1.165, 1.54) is 0 Å². The lowest BCUT2D eigenvalue weighted by Gasteiger charge is -2.26. The highest BCUT2D eigenvalue weighted by molar-refractivity contribution is 5.75. The molecule has 3 N–H and O–H groups in total. The third-order valence-electron chi connectivity index (χ3n) is 2.61. The van der Waals surface area contributed by atoms with Gasteiger partial charge in [0.15, 0.2) is 0 Å². The summed E-state index contributed by atoms with van der Waals surface area (Å²) in [6.07, 6.45) is 1.72. The van der Waals surface area contributed by atoms with Gasteiger partial charge < -0.3 is 15.6 Å². The molecule has 0 aromatic rings. The molecule has 0 radical (unpaired) electrons. The molecule has 0 spiro atoms. The fourth-order valence-electron chi connectivity index (χ4n) is 1.33. The van der Waals surface area contributed by atoms with Crippen molar-refractivity contribution in [1.82, 2.24) is 0 Å². The Bertz CT molecular complexity index is 228. The monoisotopic (exact) mass is 201 g/mol. The van der Waals surface area contributed by atoms with Crippen LogP contribution in [0, 0.1) is 5.41 Å². The molecule has 82 valence electrons. The number of carboxylic acid groups (broad SMARTS) is 1. The van der Waals surface area contributed by atoms with Gasteiger partial charge in [-0.25, -0.2) is 0 Å².